The second kappa shape index (κ2) is 5.88. The lowest BCUT2D eigenvalue weighted by Gasteiger charge is -2.17. The van der Waals surface area contributed by atoms with E-state index in [-0.39, 0.29) is 18.4 Å². The highest BCUT2D eigenvalue weighted by atomic mass is 32.1. The highest BCUT2D eigenvalue weighted by Gasteiger charge is 2.10. The van der Waals surface area contributed by atoms with E-state index in [1.807, 2.05) is 43.3 Å². The first-order valence-corrected chi connectivity index (χ1v) is 6.76. The van der Waals surface area contributed by atoms with E-state index in [9.17, 15) is 4.79 Å². The van der Waals surface area contributed by atoms with E-state index < -0.39 is 0 Å². The Morgan fingerprint density at radius 2 is 1.85 bits per heavy atom. The van der Waals surface area contributed by atoms with Crippen LogP contribution in [0.15, 0.2) is 36.4 Å². The predicted octanol–water partition coefficient (Wildman–Crippen LogP) is 2.15. The quantitative estimate of drug-likeness (QED) is 0.736. The van der Waals surface area contributed by atoms with Crippen molar-refractivity contribution < 1.29 is 4.79 Å². The van der Waals surface area contributed by atoms with Crippen molar-refractivity contribution in [2.75, 3.05) is 5.32 Å². The van der Waals surface area contributed by atoms with Gasteiger partial charge in [-0.3, -0.25) is 4.79 Å². The van der Waals surface area contributed by atoms with Gasteiger partial charge < -0.3 is 16.8 Å². The molecule has 0 fully saturated rings. The number of anilines is 1. The summed E-state index contributed by atoms with van der Waals surface area (Å²) >= 11 is 5.07. The summed E-state index contributed by atoms with van der Waals surface area (Å²) in [5.41, 5.74) is 12.7. The first kappa shape index (κ1) is 14.3. The number of fused-ring (bicyclic) bond motifs is 1. The Kier molecular flexibility index (Phi) is 4.20. The van der Waals surface area contributed by atoms with E-state index in [1.54, 1.807) is 0 Å². The van der Waals surface area contributed by atoms with Gasteiger partial charge in [-0.25, -0.2) is 0 Å². The second-order valence-electron chi connectivity index (χ2n) is 4.79. The first-order valence-electron chi connectivity index (χ1n) is 6.35. The van der Waals surface area contributed by atoms with Crippen molar-refractivity contribution in [3.05, 3.63) is 42.0 Å². The second-order valence-corrected chi connectivity index (χ2v) is 5.23. The monoisotopic (exact) mass is 287 g/mol. The van der Waals surface area contributed by atoms with E-state index in [0.29, 0.717) is 4.99 Å². The summed E-state index contributed by atoms with van der Waals surface area (Å²) in [4.78, 5) is 11.3. The van der Waals surface area contributed by atoms with Crippen LogP contribution in [-0.2, 0) is 4.79 Å². The van der Waals surface area contributed by atoms with Crippen LogP contribution in [0.1, 0.15) is 18.9 Å². The fourth-order valence-corrected chi connectivity index (χ4v) is 2.44. The molecule has 4 nitrogen and oxygen atoms in total. The standard InChI is InChI=1S/C15H17N3OS/c1-9(8-14(16)19)18-13-7-6-12(15(17)20)10-4-2-3-5-11(10)13/h2-7,9,18H,8H2,1H3,(H2,16,19)(H2,17,20). The molecule has 2 aromatic rings. The smallest absolute Gasteiger partial charge is 0.219 e. The normalized spacial score (nSPS) is 12.1. The number of nitrogens with two attached hydrogens (primary N) is 2. The van der Waals surface area contributed by atoms with Crippen molar-refractivity contribution in [3.63, 3.8) is 0 Å². The fraction of sp³-hybridized carbons (Fsp3) is 0.200. The number of primary amides is 1. The molecule has 0 radical (unpaired) electrons. The van der Waals surface area contributed by atoms with Gasteiger partial charge in [0.1, 0.15) is 4.99 Å². The third-order valence-electron chi connectivity index (χ3n) is 3.10. The molecule has 0 saturated heterocycles. The van der Waals surface area contributed by atoms with E-state index in [2.05, 4.69) is 5.32 Å². The summed E-state index contributed by atoms with van der Waals surface area (Å²) in [7, 11) is 0. The van der Waals surface area contributed by atoms with Gasteiger partial charge in [-0.15, -0.1) is 0 Å². The maximum absolute atomic E-state index is 11.0. The Hall–Kier alpha value is -2.14. The molecule has 5 N–H and O–H groups in total. The van der Waals surface area contributed by atoms with Crippen LogP contribution in [-0.4, -0.2) is 16.9 Å². The number of nitrogens with one attached hydrogen (secondary N) is 1. The van der Waals surface area contributed by atoms with E-state index in [0.717, 1.165) is 22.0 Å². The number of amides is 1. The molecule has 0 saturated carbocycles. The predicted molar refractivity (Wildman–Crippen MR) is 86.7 cm³/mol. The molecule has 1 atom stereocenters. The molecule has 1 unspecified atom stereocenters. The van der Waals surface area contributed by atoms with Crippen LogP contribution >= 0.6 is 12.2 Å². The summed E-state index contributed by atoms with van der Waals surface area (Å²) in [6, 6.07) is 11.7. The molecule has 0 aliphatic rings. The SMILES string of the molecule is CC(CC(N)=O)Nc1ccc(C(N)=S)c2ccccc12. The van der Waals surface area contributed by atoms with Crippen LogP contribution in [0.25, 0.3) is 10.8 Å². The number of rotatable bonds is 5. The Balaban J connectivity index is 2.43. The van der Waals surface area contributed by atoms with Gasteiger partial charge in [-0.05, 0) is 24.4 Å². The molecule has 0 spiro atoms. The highest BCUT2D eigenvalue weighted by Crippen LogP contribution is 2.27. The zero-order valence-corrected chi connectivity index (χ0v) is 12.0. The molecule has 2 aromatic carbocycles. The maximum Gasteiger partial charge on any atom is 0.219 e. The molecular weight excluding hydrogens is 270 g/mol. The molecule has 20 heavy (non-hydrogen) atoms. The lowest BCUT2D eigenvalue weighted by Crippen LogP contribution is -2.24. The van der Waals surface area contributed by atoms with Gasteiger partial charge >= 0.3 is 0 Å². The van der Waals surface area contributed by atoms with Crippen molar-refractivity contribution in [1.82, 2.24) is 0 Å². The number of carbonyl (C=O) groups excluding carboxylic acids is 1. The van der Waals surface area contributed by atoms with Gasteiger partial charge in [0, 0.05) is 29.1 Å². The van der Waals surface area contributed by atoms with Gasteiger partial charge in [0.15, 0.2) is 0 Å². The largest absolute Gasteiger partial charge is 0.389 e. The number of thiocarbonyl (C=S) groups is 1. The van der Waals surface area contributed by atoms with Gasteiger partial charge in [0.05, 0.1) is 0 Å². The Bertz CT molecular complexity index is 669. The molecule has 0 aliphatic carbocycles. The number of carbonyl (C=O) groups is 1. The van der Waals surface area contributed by atoms with E-state index in [1.165, 1.54) is 0 Å². The molecule has 0 aromatic heterocycles. The average molecular weight is 287 g/mol. The molecule has 1 amide bonds. The third-order valence-corrected chi connectivity index (χ3v) is 3.32. The molecule has 5 heteroatoms. The highest BCUT2D eigenvalue weighted by molar-refractivity contribution is 7.80. The minimum absolute atomic E-state index is 0.0356. The topological polar surface area (TPSA) is 81.1 Å². The zero-order chi connectivity index (χ0) is 14.7. The zero-order valence-electron chi connectivity index (χ0n) is 11.2. The van der Waals surface area contributed by atoms with Gasteiger partial charge in [-0.2, -0.15) is 0 Å². The Labute approximate surface area is 123 Å². The van der Waals surface area contributed by atoms with Crippen molar-refractivity contribution >= 4 is 39.6 Å². The fourth-order valence-electron chi connectivity index (χ4n) is 2.26. The lowest BCUT2D eigenvalue weighted by atomic mass is 10.0. The number of benzene rings is 2. The Morgan fingerprint density at radius 1 is 1.20 bits per heavy atom. The number of hydrogen-bond acceptors (Lipinski definition) is 3. The molecule has 104 valence electrons. The van der Waals surface area contributed by atoms with Gasteiger partial charge in [0.2, 0.25) is 5.91 Å². The van der Waals surface area contributed by atoms with Crippen molar-refractivity contribution in [2.45, 2.75) is 19.4 Å². The number of hydrogen-bond donors (Lipinski definition) is 3. The molecule has 0 aliphatic heterocycles. The van der Waals surface area contributed by atoms with Crippen molar-refractivity contribution in [1.29, 1.82) is 0 Å². The van der Waals surface area contributed by atoms with Crippen molar-refractivity contribution in [3.8, 4) is 0 Å². The summed E-state index contributed by atoms with van der Waals surface area (Å²) in [6.07, 6.45) is 0.283. The minimum Gasteiger partial charge on any atom is -0.389 e. The van der Waals surface area contributed by atoms with Crippen LogP contribution in [0.5, 0.6) is 0 Å². The average Bonchev–Trinajstić information content (AvgIpc) is 2.37. The van der Waals surface area contributed by atoms with E-state index >= 15 is 0 Å². The van der Waals surface area contributed by atoms with Gasteiger partial charge in [0.25, 0.3) is 0 Å². The third kappa shape index (κ3) is 3.05. The van der Waals surface area contributed by atoms with Crippen LogP contribution < -0.4 is 16.8 Å². The lowest BCUT2D eigenvalue weighted by molar-refractivity contribution is -0.118. The molecule has 0 bridgehead atoms. The molecular formula is C15H17N3OS. The van der Waals surface area contributed by atoms with Gasteiger partial charge in [-0.1, -0.05) is 36.5 Å². The Morgan fingerprint density at radius 3 is 2.45 bits per heavy atom. The summed E-state index contributed by atoms with van der Waals surface area (Å²) in [6.45, 7) is 1.92. The van der Waals surface area contributed by atoms with Crippen LogP contribution in [0, 0.1) is 0 Å². The van der Waals surface area contributed by atoms with Crippen LogP contribution in [0.2, 0.25) is 0 Å². The van der Waals surface area contributed by atoms with E-state index in [4.69, 9.17) is 23.7 Å². The summed E-state index contributed by atoms with van der Waals surface area (Å²) in [5, 5.41) is 5.32. The minimum atomic E-state index is -0.325. The summed E-state index contributed by atoms with van der Waals surface area (Å²) < 4.78 is 0. The first-order chi connectivity index (χ1) is 9.49. The summed E-state index contributed by atoms with van der Waals surface area (Å²) in [5.74, 6) is -0.325. The molecule has 2 rings (SSSR count). The van der Waals surface area contributed by atoms with Crippen LogP contribution in [0.4, 0.5) is 5.69 Å². The van der Waals surface area contributed by atoms with Crippen molar-refractivity contribution in [2.24, 2.45) is 11.5 Å². The molecule has 0 heterocycles. The maximum atomic E-state index is 11.0. The van der Waals surface area contributed by atoms with Crippen LogP contribution in [0.3, 0.4) is 0 Å².